The van der Waals surface area contributed by atoms with E-state index in [1.165, 1.54) is 25.1 Å². The molecule has 1 unspecified atom stereocenters. The molecule has 2 rings (SSSR count). The van der Waals surface area contributed by atoms with Gasteiger partial charge in [0.05, 0.1) is 4.92 Å². The van der Waals surface area contributed by atoms with Gasteiger partial charge in [-0.05, 0) is 37.6 Å². The third-order valence-electron chi connectivity index (χ3n) is 3.49. The van der Waals surface area contributed by atoms with Gasteiger partial charge in [0.25, 0.3) is 5.69 Å². The second-order valence-corrected chi connectivity index (χ2v) is 4.73. The third-order valence-corrected chi connectivity index (χ3v) is 3.49. The lowest BCUT2D eigenvalue weighted by Crippen LogP contribution is -2.22. The highest BCUT2D eigenvalue weighted by Crippen LogP contribution is 2.19. The van der Waals surface area contributed by atoms with E-state index in [9.17, 15) is 10.1 Å². The Morgan fingerprint density at radius 1 is 1.44 bits per heavy atom. The van der Waals surface area contributed by atoms with Crippen LogP contribution in [0.3, 0.4) is 0 Å². The van der Waals surface area contributed by atoms with Crippen LogP contribution in [0.25, 0.3) is 0 Å². The molecular formula is C13H19N3O2. The number of hydrogen-bond acceptors (Lipinski definition) is 4. The van der Waals surface area contributed by atoms with E-state index >= 15 is 0 Å². The van der Waals surface area contributed by atoms with Gasteiger partial charge in [0.1, 0.15) is 0 Å². The molecule has 1 aliphatic rings. The normalized spacial score (nSPS) is 19.9. The molecule has 1 atom stereocenters. The van der Waals surface area contributed by atoms with Gasteiger partial charge in [-0.2, -0.15) is 0 Å². The number of rotatable bonds is 5. The minimum atomic E-state index is -0.375. The molecule has 0 spiro atoms. The maximum atomic E-state index is 10.5. The number of benzene rings is 1. The Morgan fingerprint density at radius 2 is 2.17 bits per heavy atom. The fraction of sp³-hybridized carbons (Fsp3) is 0.538. The molecule has 1 aromatic carbocycles. The molecule has 0 aliphatic carbocycles. The molecule has 1 N–H and O–H groups in total. The highest BCUT2D eigenvalue weighted by molar-refractivity contribution is 5.48. The molecular weight excluding hydrogens is 230 g/mol. The number of anilines is 1. The summed E-state index contributed by atoms with van der Waals surface area (Å²) < 4.78 is 0. The van der Waals surface area contributed by atoms with Gasteiger partial charge in [-0.1, -0.05) is 6.92 Å². The number of nitrogens with zero attached hydrogens (tertiary/aromatic N) is 2. The predicted molar refractivity (Wildman–Crippen MR) is 71.8 cm³/mol. The number of likely N-dealkylation sites (tertiary alicyclic amines) is 1. The first-order valence-corrected chi connectivity index (χ1v) is 6.39. The Labute approximate surface area is 107 Å². The van der Waals surface area contributed by atoms with E-state index in [1.807, 2.05) is 0 Å². The van der Waals surface area contributed by atoms with E-state index in [0.29, 0.717) is 5.92 Å². The van der Waals surface area contributed by atoms with Gasteiger partial charge in [0.2, 0.25) is 0 Å². The van der Waals surface area contributed by atoms with Crippen LogP contribution >= 0.6 is 0 Å². The average molecular weight is 249 g/mol. The van der Waals surface area contributed by atoms with Crippen molar-refractivity contribution in [3.63, 3.8) is 0 Å². The molecule has 0 amide bonds. The van der Waals surface area contributed by atoms with Crippen LogP contribution in [0.2, 0.25) is 0 Å². The van der Waals surface area contributed by atoms with Crippen molar-refractivity contribution in [2.75, 3.05) is 31.5 Å². The Kier molecular flexibility index (Phi) is 4.15. The van der Waals surface area contributed by atoms with Crippen molar-refractivity contribution >= 4 is 11.4 Å². The van der Waals surface area contributed by atoms with E-state index in [0.717, 1.165) is 25.3 Å². The predicted octanol–water partition coefficient (Wildman–Crippen LogP) is 2.35. The fourth-order valence-electron chi connectivity index (χ4n) is 2.33. The second-order valence-electron chi connectivity index (χ2n) is 4.73. The van der Waals surface area contributed by atoms with Crippen LogP contribution in [0.1, 0.15) is 13.3 Å². The van der Waals surface area contributed by atoms with Crippen molar-refractivity contribution in [2.45, 2.75) is 13.3 Å². The van der Waals surface area contributed by atoms with E-state index in [4.69, 9.17) is 0 Å². The van der Waals surface area contributed by atoms with Crippen molar-refractivity contribution < 1.29 is 4.92 Å². The molecule has 0 radical (unpaired) electrons. The first kappa shape index (κ1) is 12.8. The van der Waals surface area contributed by atoms with Gasteiger partial charge >= 0.3 is 0 Å². The molecule has 0 aromatic heterocycles. The van der Waals surface area contributed by atoms with E-state index in [-0.39, 0.29) is 10.6 Å². The maximum absolute atomic E-state index is 10.5. The highest BCUT2D eigenvalue weighted by atomic mass is 16.6. The van der Waals surface area contributed by atoms with Gasteiger partial charge < -0.3 is 10.2 Å². The van der Waals surface area contributed by atoms with Crippen LogP contribution in [0.15, 0.2) is 24.3 Å². The van der Waals surface area contributed by atoms with Crippen LogP contribution in [0, 0.1) is 16.0 Å². The van der Waals surface area contributed by atoms with Crippen LogP contribution < -0.4 is 5.32 Å². The van der Waals surface area contributed by atoms with Crippen molar-refractivity contribution in [3.05, 3.63) is 34.4 Å². The molecule has 1 saturated heterocycles. The summed E-state index contributed by atoms with van der Waals surface area (Å²) in [5.74, 6) is 0.681. The van der Waals surface area contributed by atoms with Gasteiger partial charge in [-0.15, -0.1) is 0 Å². The monoisotopic (exact) mass is 249 g/mol. The number of nitro benzene ring substituents is 1. The molecule has 1 heterocycles. The summed E-state index contributed by atoms with van der Waals surface area (Å²) in [6.45, 7) is 6.58. The lowest BCUT2D eigenvalue weighted by atomic mass is 10.1. The quantitative estimate of drug-likeness (QED) is 0.643. The minimum Gasteiger partial charge on any atom is -0.385 e. The van der Waals surface area contributed by atoms with Crippen molar-refractivity contribution in [3.8, 4) is 0 Å². The van der Waals surface area contributed by atoms with Crippen LogP contribution in [-0.4, -0.2) is 36.0 Å². The molecule has 18 heavy (non-hydrogen) atoms. The topological polar surface area (TPSA) is 58.4 Å². The Balaban J connectivity index is 1.82. The average Bonchev–Trinajstić information content (AvgIpc) is 2.85. The van der Waals surface area contributed by atoms with Crippen LogP contribution in [0.5, 0.6) is 0 Å². The first-order chi connectivity index (χ1) is 8.69. The molecule has 0 saturated carbocycles. The zero-order valence-corrected chi connectivity index (χ0v) is 10.6. The highest BCUT2D eigenvalue weighted by Gasteiger charge is 2.20. The van der Waals surface area contributed by atoms with Gasteiger partial charge in [-0.3, -0.25) is 10.1 Å². The second kappa shape index (κ2) is 5.82. The molecule has 1 fully saturated rings. The molecule has 0 bridgehead atoms. The van der Waals surface area contributed by atoms with E-state index in [2.05, 4.69) is 17.1 Å². The van der Waals surface area contributed by atoms with Crippen molar-refractivity contribution in [1.82, 2.24) is 4.90 Å². The SMILES string of the molecule is CCN1CCC(CNc2ccc([N+](=O)[O-])cc2)C1. The fourth-order valence-corrected chi connectivity index (χ4v) is 2.33. The Bertz CT molecular complexity index is 405. The van der Waals surface area contributed by atoms with E-state index in [1.54, 1.807) is 12.1 Å². The minimum absolute atomic E-state index is 0.138. The number of nitro groups is 1. The Hall–Kier alpha value is -1.62. The Morgan fingerprint density at radius 3 is 2.72 bits per heavy atom. The lowest BCUT2D eigenvalue weighted by Gasteiger charge is -2.14. The lowest BCUT2D eigenvalue weighted by molar-refractivity contribution is -0.384. The largest absolute Gasteiger partial charge is 0.385 e. The number of hydrogen-bond donors (Lipinski definition) is 1. The van der Waals surface area contributed by atoms with Gasteiger partial charge in [-0.25, -0.2) is 0 Å². The molecule has 1 aliphatic heterocycles. The van der Waals surface area contributed by atoms with Crippen LogP contribution in [-0.2, 0) is 0 Å². The molecule has 98 valence electrons. The zero-order chi connectivity index (χ0) is 13.0. The molecule has 5 heteroatoms. The summed E-state index contributed by atoms with van der Waals surface area (Å²) in [5.41, 5.74) is 1.09. The molecule has 5 nitrogen and oxygen atoms in total. The summed E-state index contributed by atoms with van der Waals surface area (Å²) >= 11 is 0. The third kappa shape index (κ3) is 3.20. The maximum Gasteiger partial charge on any atom is 0.269 e. The first-order valence-electron chi connectivity index (χ1n) is 6.39. The summed E-state index contributed by atoms with van der Waals surface area (Å²) in [5, 5.41) is 13.9. The summed E-state index contributed by atoms with van der Waals surface area (Å²) in [4.78, 5) is 12.6. The summed E-state index contributed by atoms with van der Waals surface area (Å²) in [6, 6.07) is 6.61. The number of non-ortho nitro benzene ring substituents is 1. The standard InChI is InChI=1S/C13H19N3O2/c1-2-15-8-7-11(10-15)9-14-12-3-5-13(6-4-12)16(17)18/h3-6,11,14H,2,7-10H2,1H3. The van der Waals surface area contributed by atoms with Crippen molar-refractivity contribution in [2.24, 2.45) is 5.92 Å². The smallest absolute Gasteiger partial charge is 0.269 e. The molecule has 1 aromatic rings. The summed E-state index contributed by atoms with van der Waals surface area (Å²) in [7, 11) is 0. The summed E-state index contributed by atoms with van der Waals surface area (Å²) in [6.07, 6.45) is 1.23. The van der Waals surface area contributed by atoms with Gasteiger partial charge in [0.15, 0.2) is 0 Å². The van der Waals surface area contributed by atoms with E-state index < -0.39 is 0 Å². The number of nitrogens with one attached hydrogen (secondary N) is 1. The zero-order valence-electron chi connectivity index (χ0n) is 10.6. The van der Waals surface area contributed by atoms with Gasteiger partial charge in [0, 0.05) is 30.9 Å². The van der Waals surface area contributed by atoms with Crippen molar-refractivity contribution in [1.29, 1.82) is 0 Å². The van der Waals surface area contributed by atoms with Crippen LogP contribution in [0.4, 0.5) is 11.4 Å².